The molecule has 1 saturated heterocycles. The van der Waals surface area contributed by atoms with E-state index in [1.54, 1.807) is 18.4 Å². The van der Waals surface area contributed by atoms with Gasteiger partial charge in [0.05, 0.1) is 30.8 Å². The van der Waals surface area contributed by atoms with Crippen molar-refractivity contribution in [3.8, 4) is 17.0 Å². The number of methoxy groups -OCH3 is 1. The summed E-state index contributed by atoms with van der Waals surface area (Å²) >= 11 is 7.87. The molecule has 2 aromatic heterocycles. The van der Waals surface area contributed by atoms with E-state index in [0.717, 1.165) is 58.5 Å². The third kappa shape index (κ3) is 5.67. The molecule has 1 aliphatic heterocycles. The number of pyridine rings is 1. The van der Waals surface area contributed by atoms with Gasteiger partial charge in [-0.1, -0.05) is 17.7 Å². The van der Waals surface area contributed by atoms with E-state index in [-0.39, 0.29) is 12.0 Å². The number of amides is 1. The SMILES string of the molecule is COc1ccc(-c2nc3cc(Cl)ccc3cc2CN(C[C@H]2CCCO2)C(=O)Cc2ccsc2)cc1. The Hall–Kier alpha value is -2.93. The minimum atomic E-state index is 0.0677. The zero-order valence-corrected chi connectivity index (χ0v) is 21.1. The molecule has 0 N–H and O–H groups in total. The number of nitrogens with zero attached hydrogens (tertiary/aromatic N) is 2. The molecular weight excluding hydrogens is 480 g/mol. The summed E-state index contributed by atoms with van der Waals surface area (Å²) in [6.07, 6.45) is 2.46. The van der Waals surface area contributed by atoms with Gasteiger partial charge >= 0.3 is 0 Å². The number of aromatic nitrogens is 1. The van der Waals surface area contributed by atoms with Gasteiger partial charge in [-0.2, -0.15) is 11.3 Å². The lowest BCUT2D eigenvalue weighted by atomic mass is 10.0. The molecule has 1 atom stereocenters. The van der Waals surface area contributed by atoms with Crippen molar-refractivity contribution in [3.63, 3.8) is 0 Å². The number of fused-ring (bicyclic) bond motifs is 1. The summed E-state index contributed by atoms with van der Waals surface area (Å²) in [5.41, 5.74) is 4.65. The van der Waals surface area contributed by atoms with E-state index < -0.39 is 0 Å². The average Bonchev–Trinajstić information content (AvgIpc) is 3.58. The molecule has 180 valence electrons. The molecule has 1 amide bonds. The summed E-state index contributed by atoms with van der Waals surface area (Å²) < 4.78 is 11.2. The van der Waals surface area contributed by atoms with Crippen LogP contribution in [0.5, 0.6) is 5.75 Å². The van der Waals surface area contributed by atoms with Crippen LogP contribution in [0.4, 0.5) is 0 Å². The van der Waals surface area contributed by atoms with Crippen LogP contribution in [0.1, 0.15) is 24.0 Å². The van der Waals surface area contributed by atoms with Crippen LogP contribution in [0.2, 0.25) is 5.02 Å². The lowest BCUT2D eigenvalue weighted by Crippen LogP contribution is -2.38. The maximum Gasteiger partial charge on any atom is 0.227 e. The van der Waals surface area contributed by atoms with E-state index in [2.05, 4.69) is 6.07 Å². The normalized spacial score (nSPS) is 15.4. The van der Waals surface area contributed by atoms with Crippen molar-refractivity contribution in [2.45, 2.75) is 31.9 Å². The van der Waals surface area contributed by atoms with Crippen LogP contribution in [-0.4, -0.2) is 42.2 Å². The zero-order valence-electron chi connectivity index (χ0n) is 19.6. The van der Waals surface area contributed by atoms with Gasteiger partial charge in [-0.3, -0.25) is 4.79 Å². The van der Waals surface area contributed by atoms with Gasteiger partial charge in [0, 0.05) is 35.7 Å². The molecule has 0 unspecified atom stereocenters. The molecule has 0 spiro atoms. The monoisotopic (exact) mass is 506 g/mol. The number of carbonyl (C=O) groups excluding carboxylic acids is 1. The molecule has 35 heavy (non-hydrogen) atoms. The molecule has 0 radical (unpaired) electrons. The Bertz CT molecular complexity index is 1300. The summed E-state index contributed by atoms with van der Waals surface area (Å²) in [7, 11) is 1.65. The highest BCUT2D eigenvalue weighted by Gasteiger charge is 2.24. The number of hydrogen-bond acceptors (Lipinski definition) is 5. The third-order valence-electron chi connectivity index (χ3n) is 6.32. The lowest BCUT2D eigenvalue weighted by molar-refractivity contribution is -0.132. The molecule has 1 fully saturated rings. The van der Waals surface area contributed by atoms with Gasteiger partial charge in [0.2, 0.25) is 5.91 Å². The second kappa shape index (κ2) is 10.8. The Morgan fingerprint density at radius 3 is 2.77 bits per heavy atom. The molecule has 3 heterocycles. The summed E-state index contributed by atoms with van der Waals surface area (Å²) in [5.74, 6) is 0.876. The third-order valence-corrected chi connectivity index (χ3v) is 7.29. The maximum absolute atomic E-state index is 13.5. The smallest absolute Gasteiger partial charge is 0.227 e. The van der Waals surface area contributed by atoms with Gasteiger partial charge < -0.3 is 14.4 Å². The topological polar surface area (TPSA) is 51.7 Å². The van der Waals surface area contributed by atoms with Crippen molar-refractivity contribution < 1.29 is 14.3 Å². The zero-order chi connectivity index (χ0) is 24.2. The quantitative estimate of drug-likeness (QED) is 0.278. The molecule has 0 saturated carbocycles. The van der Waals surface area contributed by atoms with Crippen LogP contribution >= 0.6 is 22.9 Å². The molecule has 1 aliphatic rings. The molecule has 0 bridgehead atoms. The first-order valence-electron chi connectivity index (χ1n) is 11.7. The van der Waals surface area contributed by atoms with Crippen molar-refractivity contribution in [2.75, 3.05) is 20.3 Å². The lowest BCUT2D eigenvalue weighted by Gasteiger charge is -2.27. The van der Waals surface area contributed by atoms with Gasteiger partial charge in [0.15, 0.2) is 0 Å². The van der Waals surface area contributed by atoms with Crippen LogP contribution in [0.25, 0.3) is 22.2 Å². The Kier molecular flexibility index (Phi) is 7.32. The summed E-state index contributed by atoms with van der Waals surface area (Å²) in [6.45, 7) is 1.78. The first kappa shape index (κ1) is 23.8. The summed E-state index contributed by atoms with van der Waals surface area (Å²) in [6, 6.07) is 17.7. The van der Waals surface area contributed by atoms with Gasteiger partial charge in [0.1, 0.15) is 5.75 Å². The number of ether oxygens (including phenoxy) is 2. The number of benzene rings is 2. The first-order chi connectivity index (χ1) is 17.1. The van der Waals surface area contributed by atoms with Gasteiger partial charge in [-0.05, 0) is 83.3 Å². The fourth-order valence-electron chi connectivity index (χ4n) is 4.48. The fraction of sp³-hybridized carbons (Fsp3) is 0.286. The number of thiophene rings is 1. The van der Waals surface area contributed by atoms with E-state index in [9.17, 15) is 4.79 Å². The number of rotatable bonds is 8. The van der Waals surface area contributed by atoms with Crippen molar-refractivity contribution in [3.05, 3.63) is 81.5 Å². The molecule has 5 rings (SSSR count). The van der Waals surface area contributed by atoms with Crippen LogP contribution in [0.3, 0.4) is 0 Å². The first-order valence-corrected chi connectivity index (χ1v) is 13.0. The minimum Gasteiger partial charge on any atom is -0.497 e. The van der Waals surface area contributed by atoms with Crippen molar-refractivity contribution >= 4 is 39.7 Å². The number of hydrogen-bond donors (Lipinski definition) is 0. The Balaban J connectivity index is 1.53. The highest BCUT2D eigenvalue weighted by atomic mass is 35.5. The largest absolute Gasteiger partial charge is 0.497 e. The van der Waals surface area contributed by atoms with Crippen molar-refractivity contribution in [1.82, 2.24) is 9.88 Å². The van der Waals surface area contributed by atoms with E-state index in [0.29, 0.717) is 24.5 Å². The average molecular weight is 507 g/mol. The van der Waals surface area contributed by atoms with E-state index in [4.69, 9.17) is 26.1 Å². The second-order valence-corrected chi connectivity index (χ2v) is 10.00. The van der Waals surface area contributed by atoms with Crippen molar-refractivity contribution in [1.29, 1.82) is 0 Å². The fourth-order valence-corrected chi connectivity index (χ4v) is 5.31. The predicted molar refractivity (Wildman–Crippen MR) is 141 cm³/mol. The molecular formula is C28H27ClN2O3S. The predicted octanol–water partition coefficient (Wildman–Crippen LogP) is 6.38. The molecule has 4 aromatic rings. The minimum absolute atomic E-state index is 0.0677. The molecule has 0 aliphatic carbocycles. The van der Waals surface area contributed by atoms with Gasteiger partial charge in [-0.25, -0.2) is 4.98 Å². The van der Waals surface area contributed by atoms with Crippen LogP contribution in [0.15, 0.2) is 65.4 Å². The van der Waals surface area contributed by atoms with Crippen molar-refractivity contribution in [2.24, 2.45) is 0 Å². The molecule has 5 nitrogen and oxygen atoms in total. The highest BCUT2D eigenvalue weighted by Crippen LogP contribution is 2.30. The van der Waals surface area contributed by atoms with Gasteiger partial charge in [0.25, 0.3) is 0 Å². The second-order valence-electron chi connectivity index (χ2n) is 8.78. The summed E-state index contributed by atoms with van der Waals surface area (Å²) in [4.78, 5) is 20.4. The van der Waals surface area contributed by atoms with Crippen LogP contribution in [-0.2, 0) is 22.5 Å². The Labute approximate surface area is 214 Å². The van der Waals surface area contributed by atoms with E-state index in [1.807, 2.05) is 64.2 Å². The summed E-state index contributed by atoms with van der Waals surface area (Å²) in [5, 5.41) is 5.67. The van der Waals surface area contributed by atoms with Crippen LogP contribution < -0.4 is 4.74 Å². The number of carbonyl (C=O) groups is 1. The molecule has 2 aromatic carbocycles. The molecule has 7 heteroatoms. The van der Waals surface area contributed by atoms with Gasteiger partial charge in [-0.15, -0.1) is 0 Å². The number of halogens is 1. The standard InChI is InChI=1S/C28H27ClN2O3S/c1-33-24-8-5-20(6-9-24)28-22(14-21-4-7-23(29)15-26(21)30-28)16-31(17-25-3-2-11-34-25)27(32)13-19-10-12-35-18-19/h4-10,12,14-15,18,25H,2-3,11,13,16-17H2,1H3/t25-/m1/s1. The van der Waals surface area contributed by atoms with E-state index >= 15 is 0 Å². The Morgan fingerprint density at radius 2 is 2.06 bits per heavy atom. The Morgan fingerprint density at radius 1 is 1.20 bits per heavy atom. The maximum atomic E-state index is 13.5. The van der Waals surface area contributed by atoms with Crippen LogP contribution in [0, 0.1) is 0 Å². The highest BCUT2D eigenvalue weighted by molar-refractivity contribution is 7.08. The van der Waals surface area contributed by atoms with E-state index in [1.165, 1.54) is 0 Å².